The van der Waals surface area contributed by atoms with Crippen molar-refractivity contribution >= 4 is 17.6 Å². The van der Waals surface area contributed by atoms with Crippen LogP contribution in [-0.4, -0.2) is 17.0 Å². The topological polar surface area (TPSA) is 78.4 Å². The molecular weight excluding hydrogens is 172 g/mol. The van der Waals surface area contributed by atoms with Gasteiger partial charge in [-0.1, -0.05) is 18.2 Å². The first-order valence-electron chi connectivity index (χ1n) is 3.54. The van der Waals surface area contributed by atoms with Gasteiger partial charge < -0.3 is 5.11 Å². The molecule has 0 saturated heterocycles. The van der Waals surface area contributed by atoms with Crippen molar-refractivity contribution in [2.24, 2.45) is 0 Å². The predicted molar refractivity (Wildman–Crippen MR) is 45.8 cm³/mol. The molecule has 13 heavy (non-hydrogen) atoms. The Morgan fingerprint density at radius 1 is 1.15 bits per heavy atom. The number of hydrogen-bond donors (Lipinski definition) is 3. The van der Waals surface area contributed by atoms with Gasteiger partial charge >= 0.3 is 11.9 Å². The Labute approximate surface area is 74.3 Å². The van der Waals surface area contributed by atoms with Crippen LogP contribution in [0.4, 0.5) is 5.69 Å². The normalized spacial score (nSPS) is 8.92. The molecule has 0 aliphatic rings. The third-order valence-corrected chi connectivity index (χ3v) is 1.29. The molecule has 0 radical (unpaired) electrons. The number of hydrogen-bond acceptors (Lipinski definition) is 3. The summed E-state index contributed by atoms with van der Waals surface area (Å²) in [6.45, 7) is 0. The number of para-hydroxylation sites is 1. The first kappa shape index (κ1) is 9.05. The highest BCUT2D eigenvalue weighted by atomic mass is 16.4. The van der Waals surface area contributed by atoms with Gasteiger partial charge in [0.2, 0.25) is 0 Å². The molecule has 1 rings (SSSR count). The fraction of sp³-hybridized carbons (Fsp3) is 0. The van der Waals surface area contributed by atoms with Crippen molar-refractivity contribution in [2.45, 2.75) is 0 Å². The van der Waals surface area contributed by atoms with Gasteiger partial charge in [-0.2, -0.15) is 0 Å². The second-order valence-corrected chi connectivity index (χ2v) is 2.25. The lowest BCUT2D eigenvalue weighted by Gasteiger charge is -2.04. The number of amides is 1. The summed E-state index contributed by atoms with van der Waals surface area (Å²) in [5.41, 5.74) is 5.08. The van der Waals surface area contributed by atoms with Crippen molar-refractivity contribution in [1.29, 1.82) is 0 Å². The van der Waals surface area contributed by atoms with Crippen molar-refractivity contribution in [1.82, 2.24) is 5.43 Å². The third-order valence-electron chi connectivity index (χ3n) is 1.29. The van der Waals surface area contributed by atoms with Gasteiger partial charge in [0.25, 0.3) is 0 Å². The summed E-state index contributed by atoms with van der Waals surface area (Å²) in [6.07, 6.45) is 0. The number of hydrazine groups is 1. The number of rotatable bonds is 2. The standard InChI is InChI=1S/C8H8N2O3/c11-7(8(12)13)10-9-6-4-2-1-3-5-6/h1-5,9H,(H,10,11)(H,12,13). The van der Waals surface area contributed by atoms with Crippen molar-refractivity contribution in [3.8, 4) is 0 Å². The molecule has 0 aliphatic heterocycles. The van der Waals surface area contributed by atoms with Crippen molar-refractivity contribution < 1.29 is 14.7 Å². The van der Waals surface area contributed by atoms with Crippen LogP contribution in [0.1, 0.15) is 0 Å². The second-order valence-electron chi connectivity index (χ2n) is 2.25. The van der Waals surface area contributed by atoms with Gasteiger partial charge in [-0.25, -0.2) is 4.79 Å². The fourth-order valence-electron chi connectivity index (χ4n) is 0.704. The van der Waals surface area contributed by atoms with E-state index in [1.807, 2.05) is 11.5 Å². The van der Waals surface area contributed by atoms with Crippen molar-refractivity contribution in [3.63, 3.8) is 0 Å². The zero-order valence-electron chi connectivity index (χ0n) is 6.65. The van der Waals surface area contributed by atoms with Crippen LogP contribution in [0.25, 0.3) is 0 Å². The number of carbonyl (C=O) groups excluding carboxylic acids is 1. The van der Waals surface area contributed by atoms with Gasteiger partial charge in [-0.3, -0.25) is 15.6 Å². The molecule has 0 spiro atoms. The van der Waals surface area contributed by atoms with E-state index in [0.717, 1.165) is 0 Å². The molecule has 3 N–H and O–H groups in total. The Kier molecular flexibility index (Phi) is 2.86. The summed E-state index contributed by atoms with van der Waals surface area (Å²) in [7, 11) is 0. The number of aliphatic carboxylic acids is 1. The van der Waals surface area contributed by atoms with E-state index in [1.54, 1.807) is 24.3 Å². The highest BCUT2D eigenvalue weighted by Crippen LogP contribution is 2.01. The Hall–Kier alpha value is -2.04. The van der Waals surface area contributed by atoms with Crippen molar-refractivity contribution in [3.05, 3.63) is 30.3 Å². The summed E-state index contributed by atoms with van der Waals surface area (Å²) >= 11 is 0. The zero-order chi connectivity index (χ0) is 9.68. The van der Waals surface area contributed by atoms with Crippen LogP contribution >= 0.6 is 0 Å². The first-order valence-corrected chi connectivity index (χ1v) is 3.54. The molecule has 1 amide bonds. The van der Waals surface area contributed by atoms with Gasteiger partial charge in [-0.05, 0) is 12.1 Å². The largest absolute Gasteiger partial charge is 0.474 e. The Morgan fingerprint density at radius 3 is 2.31 bits per heavy atom. The summed E-state index contributed by atoms with van der Waals surface area (Å²) in [4.78, 5) is 20.6. The third kappa shape index (κ3) is 2.82. The van der Waals surface area contributed by atoms with Crippen molar-refractivity contribution in [2.75, 3.05) is 5.43 Å². The number of carbonyl (C=O) groups is 2. The van der Waals surface area contributed by atoms with Crippen LogP contribution in [-0.2, 0) is 9.59 Å². The first-order chi connectivity index (χ1) is 6.20. The molecule has 1 aromatic carbocycles. The van der Waals surface area contributed by atoms with Gasteiger partial charge in [0.05, 0.1) is 5.69 Å². The number of carboxylic acid groups (broad SMARTS) is 1. The van der Waals surface area contributed by atoms with E-state index in [-0.39, 0.29) is 0 Å². The minimum Gasteiger partial charge on any atom is -0.474 e. The van der Waals surface area contributed by atoms with E-state index in [2.05, 4.69) is 5.43 Å². The second kappa shape index (κ2) is 4.10. The quantitative estimate of drug-likeness (QED) is 0.449. The van der Waals surface area contributed by atoms with Gasteiger partial charge in [-0.15, -0.1) is 0 Å². The average molecular weight is 180 g/mol. The number of nitrogens with one attached hydrogen (secondary N) is 2. The lowest BCUT2D eigenvalue weighted by atomic mass is 10.3. The molecule has 0 aromatic heterocycles. The average Bonchev–Trinajstić information content (AvgIpc) is 2.15. The molecule has 68 valence electrons. The van der Waals surface area contributed by atoms with E-state index in [1.165, 1.54) is 0 Å². The maximum absolute atomic E-state index is 10.5. The Morgan fingerprint density at radius 2 is 1.77 bits per heavy atom. The lowest BCUT2D eigenvalue weighted by Crippen LogP contribution is -2.35. The van der Waals surface area contributed by atoms with Crippen LogP contribution in [0.3, 0.4) is 0 Å². The molecule has 0 atom stereocenters. The molecule has 0 aliphatic carbocycles. The number of anilines is 1. The molecule has 1 aromatic rings. The SMILES string of the molecule is O=C(O)C(=O)NNc1ccccc1. The highest BCUT2D eigenvalue weighted by Gasteiger charge is 2.08. The summed E-state index contributed by atoms with van der Waals surface area (Å²) < 4.78 is 0. The van der Waals surface area contributed by atoms with E-state index < -0.39 is 11.9 Å². The summed E-state index contributed by atoms with van der Waals surface area (Å²) in [5.74, 6) is -2.62. The van der Waals surface area contributed by atoms with E-state index in [4.69, 9.17) is 5.11 Å². The van der Waals surface area contributed by atoms with Gasteiger partial charge in [0.15, 0.2) is 0 Å². The smallest absolute Gasteiger partial charge is 0.396 e. The lowest BCUT2D eigenvalue weighted by molar-refractivity contribution is -0.149. The molecule has 0 saturated carbocycles. The molecule has 0 unspecified atom stereocenters. The van der Waals surface area contributed by atoms with Crippen LogP contribution in [0.2, 0.25) is 0 Å². The molecule has 0 bridgehead atoms. The Balaban J connectivity index is 2.44. The molecular formula is C8H8N2O3. The molecule has 5 heteroatoms. The van der Waals surface area contributed by atoms with E-state index in [9.17, 15) is 9.59 Å². The summed E-state index contributed by atoms with van der Waals surface area (Å²) in [5, 5.41) is 8.21. The fourth-order valence-corrected chi connectivity index (χ4v) is 0.704. The van der Waals surface area contributed by atoms with Gasteiger partial charge in [0, 0.05) is 0 Å². The van der Waals surface area contributed by atoms with Crippen LogP contribution in [0.5, 0.6) is 0 Å². The van der Waals surface area contributed by atoms with Gasteiger partial charge in [0.1, 0.15) is 0 Å². The Bertz CT molecular complexity index is 310. The number of benzene rings is 1. The minimum atomic E-state index is -1.52. The zero-order valence-corrected chi connectivity index (χ0v) is 6.65. The number of carboxylic acids is 1. The van der Waals surface area contributed by atoms with E-state index >= 15 is 0 Å². The predicted octanol–water partition coefficient (Wildman–Crippen LogP) is 0.214. The van der Waals surface area contributed by atoms with Crippen LogP contribution in [0.15, 0.2) is 30.3 Å². The highest BCUT2D eigenvalue weighted by molar-refractivity contribution is 6.31. The van der Waals surface area contributed by atoms with E-state index in [0.29, 0.717) is 5.69 Å². The maximum Gasteiger partial charge on any atom is 0.396 e. The maximum atomic E-state index is 10.5. The molecule has 0 fully saturated rings. The molecule has 0 heterocycles. The van der Waals surface area contributed by atoms with Crippen LogP contribution < -0.4 is 10.9 Å². The van der Waals surface area contributed by atoms with Crippen LogP contribution in [0, 0.1) is 0 Å². The monoisotopic (exact) mass is 180 g/mol. The summed E-state index contributed by atoms with van der Waals surface area (Å²) in [6, 6.07) is 8.72. The minimum absolute atomic E-state index is 0.622. The molecule has 5 nitrogen and oxygen atoms in total.